The smallest absolute Gasteiger partial charge is 0.358 e. The lowest BCUT2D eigenvalue weighted by Crippen LogP contribution is -2.04. The highest BCUT2D eigenvalue weighted by atomic mass is 32.1. The number of esters is 1. The maximum Gasteiger partial charge on any atom is 0.358 e. The van der Waals surface area contributed by atoms with Crippen LogP contribution in [0.4, 0.5) is 0 Å². The van der Waals surface area contributed by atoms with Gasteiger partial charge in [-0.1, -0.05) is 0 Å². The molecule has 2 aromatic rings. The topological polar surface area (TPSA) is 57.0 Å². The molecule has 2 heterocycles. The zero-order valence-corrected chi connectivity index (χ0v) is 8.90. The van der Waals surface area contributed by atoms with Crippen LogP contribution in [0.1, 0.15) is 17.4 Å². The molecule has 5 nitrogen and oxygen atoms in total. The molecule has 0 aliphatic rings. The largest absolute Gasteiger partial charge is 0.461 e. The minimum atomic E-state index is -0.409. The van der Waals surface area contributed by atoms with Gasteiger partial charge in [-0.2, -0.15) is 0 Å². The van der Waals surface area contributed by atoms with Crippen molar-refractivity contribution in [1.29, 1.82) is 0 Å². The molecule has 0 amide bonds. The van der Waals surface area contributed by atoms with Gasteiger partial charge in [0.05, 0.1) is 6.61 Å². The van der Waals surface area contributed by atoms with Crippen LogP contribution in [0.2, 0.25) is 0 Å². The van der Waals surface area contributed by atoms with E-state index in [0.29, 0.717) is 12.3 Å². The third-order valence-electron chi connectivity index (χ3n) is 1.71. The number of carbonyl (C=O) groups is 1. The van der Waals surface area contributed by atoms with Crippen molar-refractivity contribution in [1.82, 2.24) is 14.5 Å². The minimum Gasteiger partial charge on any atom is -0.461 e. The molecular weight excluding hydrogens is 214 g/mol. The summed E-state index contributed by atoms with van der Waals surface area (Å²) < 4.78 is 6.52. The fourth-order valence-corrected chi connectivity index (χ4v) is 1.67. The second-order valence-corrected chi connectivity index (χ2v) is 3.57. The normalized spacial score (nSPS) is 10.2. The number of aromatic nitrogens is 3. The molecule has 0 bridgehead atoms. The van der Waals surface area contributed by atoms with E-state index in [0.717, 1.165) is 5.13 Å². The van der Waals surface area contributed by atoms with Gasteiger partial charge in [-0.25, -0.2) is 14.8 Å². The summed E-state index contributed by atoms with van der Waals surface area (Å²) in [6, 6.07) is 0. The van der Waals surface area contributed by atoms with Crippen molar-refractivity contribution < 1.29 is 9.53 Å². The van der Waals surface area contributed by atoms with Gasteiger partial charge >= 0.3 is 5.97 Å². The zero-order valence-electron chi connectivity index (χ0n) is 8.08. The summed E-state index contributed by atoms with van der Waals surface area (Å²) in [5.74, 6) is -0.409. The number of nitrogens with zero attached hydrogens (tertiary/aromatic N) is 3. The van der Waals surface area contributed by atoms with E-state index in [-0.39, 0.29) is 0 Å². The lowest BCUT2D eigenvalue weighted by atomic mass is 10.5. The van der Waals surface area contributed by atoms with E-state index in [9.17, 15) is 4.79 Å². The number of imidazole rings is 1. The Bertz CT molecular complexity index is 450. The number of carbonyl (C=O) groups excluding carboxylic acids is 1. The van der Waals surface area contributed by atoms with Crippen LogP contribution in [0.5, 0.6) is 0 Å². The standard InChI is InChI=1S/C9H9N3O2S/c1-2-14-8(13)7-5-12(6-11-7)9-10-3-4-15-9/h3-6H,2H2,1H3. The number of thiazole rings is 1. The Kier molecular flexibility index (Phi) is 2.77. The molecule has 0 radical (unpaired) electrons. The fraction of sp³-hybridized carbons (Fsp3) is 0.222. The first-order valence-electron chi connectivity index (χ1n) is 4.42. The molecule has 15 heavy (non-hydrogen) atoms. The lowest BCUT2D eigenvalue weighted by molar-refractivity contribution is 0.0520. The first kappa shape index (κ1) is 9.85. The van der Waals surface area contributed by atoms with Crippen molar-refractivity contribution in [2.75, 3.05) is 6.61 Å². The quantitative estimate of drug-likeness (QED) is 0.740. The molecule has 2 rings (SSSR count). The minimum absolute atomic E-state index is 0.298. The Morgan fingerprint density at radius 2 is 2.47 bits per heavy atom. The van der Waals surface area contributed by atoms with Gasteiger partial charge in [0, 0.05) is 17.8 Å². The van der Waals surface area contributed by atoms with E-state index >= 15 is 0 Å². The molecule has 0 aromatic carbocycles. The molecule has 0 saturated carbocycles. The lowest BCUT2D eigenvalue weighted by Gasteiger charge is -1.96. The van der Waals surface area contributed by atoms with E-state index < -0.39 is 5.97 Å². The van der Waals surface area contributed by atoms with Crippen molar-refractivity contribution in [2.45, 2.75) is 6.92 Å². The van der Waals surface area contributed by atoms with Crippen LogP contribution in [-0.2, 0) is 4.74 Å². The Morgan fingerprint density at radius 1 is 1.60 bits per heavy atom. The molecule has 6 heteroatoms. The van der Waals surface area contributed by atoms with E-state index in [1.807, 2.05) is 5.38 Å². The first-order valence-corrected chi connectivity index (χ1v) is 5.30. The van der Waals surface area contributed by atoms with Crippen LogP contribution in [-0.4, -0.2) is 27.1 Å². The van der Waals surface area contributed by atoms with Gasteiger partial charge in [-0.15, -0.1) is 11.3 Å². The SMILES string of the molecule is CCOC(=O)c1cn(-c2nccs2)cn1. The molecule has 0 saturated heterocycles. The Morgan fingerprint density at radius 3 is 3.13 bits per heavy atom. The van der Waals surface area contributed by atoms with Crippen molar-refractivity contribution in [2.24, 2.45) is 0 Å². The second-order valence-electron chi connectivity index (χ2n) is 2.70. The zero-order chi connectivity index (χ0) is 10.7. The predicted molar refractivity (Wildman–Crippen MR) is 55.2 cm³/mol. The molecular formula is C9H9N3O2S. The summed E-state index contributed by atoms with van der Waals surface area (Å²) in [4.78, 5) is 19.4. The van der Waals surface area contributed by atoms with Crippen LogP contribution in [0.3, 0.4) is 0 Å². The maximum atomic E-state index is 11.3. The molecule has 0 N–H and O–H groups in total. The molecule has 0 atom stereocenters. The van der Waals surface area contributed by atoms with Gasteiger partial charge in [0.25, 0.3) is 0 Å². The van der Waals surface area contributed by atoms with Crippen molar-refractivity contribution in [3.8, 4) is 5.13 Å². The average molecular weight is 223 g/mol. The van der Waals surface area contributed by atoms with Gasteiger partial charge in [0.1, 0.15) is 6.33 Å². The summed E-state index contributed by atoms with van der Waals surface area (Å²) >= 11 is 1.47. The van der Waals surface area contributed by atoms with Gasteiger partial charge in [-0.05, 0) is 6.92 Å². The number of hydrogen-bond acceptors (Lipinski definition) is 5. The van der Waals surface area contributed by atoms with Crippen LogP contribution in [0.15, 0.2) is 24.1 Å². The maximum absolute atomic E-state index is 11.3. The molecule has 0 fully saturated rings. The fourth-order valence-electron chi connectivity index (χ4n) is 1.08. The highest BCUT2D eigenvalue weighted by molar-refractivity contribution is 7.12. The van der Waals surface area contributed by atoms with Crippen molar-refractivity contribution in [3.05, 3.63) is 29.8 Å². The molecule has 0 aliphatic heterocycles. The van der Waals surface area contributed by atoms with E-state index in [1.165, 1.54) is 11.3 Å². The van der Waals surface area contributed by atoms with E-state index in [2.05, 4.69) is 9.97 Å². The third kappa shape index (κ3) is 2.04. The van der Waals surface area contributed by atoms with E-state index in [1.54, 1.807) is 30.2 Å². The second kappa shape index (κ2) is 4.22. The van der Waals surface area contributed by atoms with Gasteiger partial charge in [-0.3, -0.25) is 4.57 Å². The highest BCUT2D eigenvalue weighted by Gasteiger charge is 2.11. The number of hydrogen-bond donors (Lipinski definition) is 0. The summed E-state index contributed by atoms with van der Waals surface area (Å²) in [7, 11) is 0. The average Bonchev–Trinajstić information content (AvgIpc) is 2.89. The van der Waals surface area contributed by atoms with Crippen LogP contribution < -0.4 is 0 Å². The number of ether oxygens (including phenoxy) is 1. The monoisotopic (exact) mass is 223 g/mol. The van der Waals surface area contributed by atoms with Gasteiger partial charge < -0.3 is 4.74 Å². The van der Waals surface area contributed by atoms with Crippen LogP contribution in [0.25, 0.3) is 5.13 Å². The summed E-state index contributed by atoms with van der Waals surface area (Å²) in [5.41, 5.74) is 0.298. The highest BCUT2D eigenvalue weighted by Crippen LogP contribution is 2.11. The molecule has 78 valence electrons. The Balaban J connectivity index is 2.21. The molecule has 2 aromatic heterocycles. The van der Waals surface area contributed by atoms with E-state index in [4.69, 9.17) is 4.74 Å². The number of rotatable bonds is 3. The van der Waals surface area contributed by atoms with Gasteiger partial charge in [0.15, 0.2) is 10.8 Å². The third-order valence-corrected chi connectivity index (χ3v) is 2.49. The molecule has 0 unspecified atom stereocenters. The Labute approximate surface area is 90.4 Å². The van der Waals surface area contributed by atoms with Gasteiger partial charge in [0.2, 0.25) is 0 Å². The summed E-state index contributed by atoms with van der Waals surface area (Å²) in [6.07, 6.45) is 4.85. The Hall–Kier alpha value is -1.69. The van der Waals surface area contributed by atoms with Crippen LogP contribution >= 0.6 is 11.3 Å². The molecule has 0 spiro atoms. The summed E-state index contributed by atoms with van der Waals surface area (Å²) in [5, 5.41) is 2.64. The molecule has 0 aliphatic carbocycles. The van der Waals surface area contributed by atoms with Crippen molar-refractivity contribution >= 4 is 17.3 Å². The predicted octanol–water partition coefficient (Wildman–Crippen LogP) is 1.51. The van der Waals surface area contributed by atoms with Crippen LogP contribution in [0, 0.1) is 0 Å². The first-order chi connectivity index (χ1) is 7.31. The summed E-state index contributed by atoms with van der Waals surface area (Å²) in [6.45, 7) is 2.11. The van der Waals surface area contributed by atoms with Crippen molar-refractivity contribution in [3.63, 3.8) is 0 Å².